The maximum Gasteiger partial charge on any atom is 0.0642 e. The van der Waals surface area contributed by atoms with E-state index in [4.69, 9.17) is 4.74 Å². The normalized spacial score (nSPS) is 16.7. The number of benzene rings is 1. The number of rotatable bonds is 3. The number of morpholine rings is 1. The van der Waals surface area contributed by atoms with Crippen LogP contribution in [-0.2, 0) is 11.3 Å². The quantitative estimate of drug-likeness (QED) is 0.923. The van der Waals surface area contributed by atoms with E-state index in [1.54, 1.807) is 0 Å². The average molecular weight is 327 g/mol. The summed E-state index contributed by atoms with van der Waals surface area (Å²) < 4.78 is 6.56. The maximum absolute atomic E-state index is 5.39. The monoisotopic (exact) mass is 326 g/mol. The standard InChI is InChI=1S/C15H23BrN2O/c1-15(2,3)17-11-12-4-5-14(13(16)10-12)18-6-8-19-9-7-18/h4-5,10,17H,6-9,11H2,1-3H3. The van der Waals surface area contributed by atoms with Gasteiger partial charge in [-0.05, 0) is 54.4 Å². The molecule has 1 saturated heterocycles. The molecule has 19 heavy (non-hydrogen) atoms. The summed E-state index contributed by atoms with van der Waals surface area (Å²) in [7, 11) is 0. The third-order valence-electron chi connectivity index (χ3n) is 3.19. The molecule has 2 rings (SSSR count). The van der Waals surface area contributed by atoms with Gasteiger partial charge in [0.05, 0.1) is 18.9 Å². The van der Waals surface area contributed by atoms with Crippen LogP contribution in [0.5, 0.6) is 0 Å². The van der Waals surface area contributed by atoms with Gasteiger partial charge in [-0.2, -0.15) is 0 Å². The van der Waals surface area contributed by atoms with Gasteiger partial charge in [-0.25, -0.2) is 0 Å². The summed E-state index contributed by atoms with van der Waals surface area (Å²) in [5.74, 6) is 0. The minimum Gasteiger partial charge on any atom is -0.378 e. The van der Waals surface area contributed by atoms with Gasteiger partial charge in [0.25, 0.3) is 0 Å². The van der Waals surface area contributed by atoms with Gasteiger partial charge >= 0.3 is 0 Å². The van der Waals surface area contributed by atoms with Gasteiger partial charge in [0.1, 0.15) is 0 Å². The van der Waals surface area contributed by atoms with Crippen LogP contribution in [0.4, 0.5) is 5.69 Å². The molecule has 0 amide bonds. The Kier molecular flexibility index (Phi) is 4.87. The second-order valence-corrected chi connectivity index (χ2v) is 6.84. The largest absolute Gasteiger partial charge is 0.378 e. The molecule has 0 saturated carbocycles. The lowest BCUT2D eigenvalue weighted by atomic mass is 10.1. The molecule has 1 aromatic rings. The van der Waals surface area contributed by atoms with Gasteiger partial charge in [0.2, 0.25) is 0 Å². The smallest absolute Gasteiger partial charge is 0.0642 e. The molecule has 106 valence electrons. The number of hydrogen-bond donors (Lipinski definition) is 1. The minimum atomic E-state index is 0.148. The highest BCUT2D eigenvalue weighted by Crippen LogP contribution is 2.28. The molecular weight excluding hydrogens is 304 g/mol. The van der Waals surface area contributed by atoms with Crippen molar-refractivity contribution in [2.75, 3.05) is 31.2 Å². The summed E-state index contributed by atoms with van der Waals surface area (Å²) in [6.45, 7) is 11.0. The first-order valence-electron chi connectivity index (χ1n) is 6.82. The zero-order valence-corrected chi connectivity index (χ0v) is 13.6. The molecule has 0 atom stereocenters. The average Bonchev–Trinajstić information content (AvgIpc) is 2.37. The number of ether oxygens (including phenoxy) is 1. The molecule has 1 aromatic carbocycles. The molecule has 1 N–H and O–H groups in total. The first-order valence-corrected chi connectivity index (χ1v) is 7.61. The Labute approximate surface area is 124 Å². The highest BCUT2D eigenvalue weighted by Gasteiger charge is 2.14. The molecule has 4 heteroatoms. The van der Waals surface area contributed by atoms with Crippen LogP contribution in [0.3, 0.4) is 0 Å². The summed E-state index contributed by atoms with van der Waals surface area (Å²) in [4.78, 5) is 2.37. The molecule has 0 spiro atoms. The second kappa shape index (κ2) is 6.25. The van der Waals surface area contributed by atoms with Crippen LogP contribution >= 0.6 is 15.9 Å². The fraction of sp³-hybridized carbons (Fsp3) is 0.600. The van der Waals surface area contributed by atoms with Crippen molar-refractivity contribution in [3.05, 3.63) is 28.2 Å². The minimum absolute atomic E-state index is 0.148. The van der Waals surface area contributed by atoms with E-state index in [0.717, 1.165) is 32.8 Å². The second-order valence-electron chi connectivity index (χ2n) is 5.99. The van der Waals surface area contributed by atoms with Gasteiger partial charge in [-0.1, -0.05) is 6.07 Å². The van der Waals surface area contributed by atoms with Crippen molar-refractivity contribution in [3.8, 4) is 0 Å². The molecule has 1 aliphatic rings. The summed E-state index contributed by atoms with van der Waals surface area (Å²) in [5.41, 5.74) is 2.72. The summed E-state index contributed by atoms with van der Waals surface area (Å²) in [6.07, 6.45) is 0. The van der Waals surface area contributed by atoms with Crippen LogP contribution in [0, 0.1) is 0 Å². The Hall–Kier alpha value is -0.580. The van der Waals surface area contributed by atoms with Crippen molar-refractivity contribution in [2.45, 2.75) is 32.9 Å². The Bertz CT molecular complexity index is 423. The number of nitrogens with one attached hydrogen (secondary N) is 1. The van der Waals surface area contributed by atoms with E-state index >= 15 is 0 Å². The molecule has 1 heterocycles. The zero-order chi connectivity index (χ0) is 13.9. The van der Waals surface area contributed by atoms with E-state index in [9.17, 15) is 0 Å². The fourth-order valence-corrected chi connectivity index (χ4v) is 2.77. The SMILES string of the molecule is CC(C)(C)NCc1ccc(N2CCOCC2)c(Br)c1. The number of hydrogen-bond acceptors (Lipinski definition) is 3. The summed E-state index contributed by atoms with van der Waals surface area (Å²) in [6, 6.07) is 6.62. The Balaban J connectivity index is 2.04. The molecule has 1 fully saturated rings. The lowest BCUT2D eigenvalue weighted by molar-refractivity contribution is 0.122. The molecule has 1 aliphatic heterocycles. The molecular formula is C15H23BrN2O. The van der Waals surface area contributed by atoms with Crippen LogP contribution in [0.25, 0.3) is 0 Å². The molecule has 0 unspecified atom stereocenters. The molecule has 0 bridgehead atoms. The van der Waals surface area contributed by atoms with Crippen molar-refractivity contribution in [3.63, 3.8) is 0 Å². The van der Waals surface area contributed by atoms with Crippen LogP contribution in [-0.4, -0.2) is 31.8 Å². The number of anilines is 1. The Morgan fingerprint density at radius 1 is 1.26 bits per heavy atom. The van der Waals surface area contributed by atoms with E-state index in [1.807, 2.05) is 0 Å². The first kappa shape index (κ1) is 14.8. The third kappa shape index (κ3) is 4.48. The topological polar surface area (TPSA) is 24.5 Å². The van der Waals surface area contributed by atoms with Crippen molar-refractivity contribution >= 4 is 21.6 Å². The number of halogens is 1. The van der Waals surface area contributed by atoms with Crippen molar-refractivity contribution in [1.29, 1.82) is 0 Å². The van der Waals surface area contributed by atoms with Crippen molar-refractivity contribution in [1.82, 2.24) is 5.32 Å². The Morgan fingerprint density at radius 2 is 1.95 bits per heavy atom. The van der Waals surface area contributed by atoms with Gasteiger partial charge in [0.15, 0.2) is 0 Å². The Morgan fingerprint density at radius 3 is 2.53 bits per heavy atom. The lowest BCUT2D eigenvalue weighted by Gasteiger charge is -2.30. The fourth-order valence-electron chi connectivity index (χ4n) is 2.09. The van der Waals surface area contributed by atoms with Gasteiger partial charge in [-0.15, -0.1) is 0 Å². The zero-order valence-electron chi connectivity index (χ0n) is 12.0. The van der Waals surface area contributed by atoms with E-state index < -0.39 is 0 Å². The molecule has 0 aliphatic carbocycles. The highest BCUT2D eigenvalue weighted by atomic mass is 79.9. The first-order chi connectivity index (χ1) is 8.96. The predicted octanol–water partition coefficient (Wildman–Crippen LogP) is 3.17. The lowest BCUT2D eigenvalue weighted by Crippen LogP contribution is -2.36. The van der Waals surface area contributed by atoms with E-state index in [-0.39, 0.29) is 5.54 Å². The van der Waals surface area contributed by atoms with E-state index in [1.165, 1.54) is 15.7 Å². The van der Waals surface area contributed by atoms with Crippen LogP contribution in [0.15, 0.2) is 22.7 Å². The highest BCUT2D eigenvalue weighted by molar-refractivity contribution is 9.10. The van der Waals surface area contributed by atoms with E-state index in [0.29, 0.717) is 0 Å². The van der Waals surface area contributed by atoms with Gasteiger partial charge in [0, 0.05) is 29.6 Å². The van der Waals surface area contributed by atoms with Crippen molar-refractivity contribution < 1.29 is 4.74 Å². The van der Waals surface area contributed by atoms with Gasteiger partial charge < -0.3 is 15.0 Å². The van der Waals surface area contributed by atoms with Gasteiger partial charge in [-0.3, -0.25) is 0 Å². The van der Waals surface area contributed by atoms with Crippen LogP contribution in [0.1, 0.15) is 26.3 Å². The predicted molar refractivity (Wildman–Crippen MR) is 83.8 cm³/mol. The van der Waals surface area contributed by atoms with Crippen LogP contribution in [0.2, 0.25) is 0 Å². The summed E-state index contributed by atoms with van der Waals surface area (Å²) in [5, 5.41) is 3.51. The molecule has 0 radical (unpaired) electrons. The van der Waals surface area contributed by atoms with Crippen LogP contribution < -0.4 is 10.2 Å². The van der Waals surface area contributed by atoms with E-state index in [2.05, 4.69) is 65.1 Å². The number of nitrogens with zero attached hydrogens (tertiary/aromatic N) is 1. The molecule has 3 nitrogen and oxygen atoms in total. The summed E-state index contributed by atoms with van der Waals surface area (Å²) >= 11 is 3.69. The van der Waals surface area contributed by atoms with Crippen molar-refractivity contribution in [2.24, 2.45) is 0 Å². The third-order valence-corrected chi connectivity index (χ3v) is 3.82. The molecule has 0 aromatic heterocycles. The maximum atomic E-state index is 5.39.